The highest BCUT2D eigenvalue weighted by atomic mass is 16.6. The van der Waals surface area contributed by atoms with Crippen molar-refractivity contribution in [2.75, 3.05) is 26.9 Å². The monoisotopic (exact) mass is 289 g/mol. The number of rotatable bonds is 13. The van der Waals surface area contributed by atoms with Gasteiger partial charge in [0.2, 0.25) is 0 Å². The van der Waals surface area contributed by atoms with Crippen molar-refractivity contribution in [2.45, 2.75) is 64.4 Å². The number of methoxy groups -OCH3 is 1. The molecule has 0 aliphatic carbocycles. The molecular formula is C15H31NO4. The molecule has 0 saturated carbocycles. The number of ether oxygens (including phenoxy) is 2. The van der Waals surface area contributed by atoms with Crippen LogP contribution >= 0.6 is 0 Å². The van der Waals surface area contributed by atoms with Crippen LogP contribution in [0.25, 0.3) is 0 Å². The standard InChI is InChI=1S/C15H31NO4/c1-3-4-5-6-7-8-9-10-11-16-15(18)20-13-14(12-17)19-2/h14,17H,3-13H2,1-2H3,(H,16,18). The third-order valence-corrected chi connectivity index (χ3v) is 3.24. The van der Waals surface area contributed by atoms with Gasteiger partial charge in [0.1, 0.15) is 12.7 Å². The summed E-state index contributed by atoms with van der Waals surface area (Å²) in [6.07, 6.45) is 9.05. The van der Waals surface area contributed by atoms with E-state index in [0.29, 0.717) is 6.54 Å². The molecule has 0 radical (unpaired) electrons. The summed E-state index contributed by atoms with van der Waals surface area (Å²) in [6.45, 7) is 2.79. The number of carbonyl (C=O) groups excluding carboxylic acids is 1. The van der Waals surface area contributed by atoms with Crippen LogP contribution in [0.1, 0.15) is 58.3 Å². The number of hydrogen-bond acceptors (Lipinski definition) is 4. The van der Waals surface area contributed by atoms with E-state index in [9.17, 15) is 4.79 Å². The van der Waals surface area contributed by atoms with Crippen molar-refractivity contribution in [1.82, 2.24) is 5.32 Å². The molecule has 0 aliphatic heterocycles. The van der Waals surface area contributed by atoms with E-state index in [0.717, 1.165) is 12.8 Å². The van der Waals surface area contributed by atoms with Gasteiger partial charge in [-0.15, -0.1) is 0 Å². The highest BCUT2D eigenvalue weighted by Crippen LogP contribution is 2.07. The Hall–Kier alpha value is -0.810. The molecule has 1 atom stereocenters. The zero-order valence-corrected chi connectivity index (χ0v) is 13.0. The van der Waals surface area contributed by atoms with E-state index < -0.39 is 12.2 Å². The second-order valence-electron chi connectivity index (χ2n) is 5.04. The van der Waals surface area contributed by atoms with Gasteiger partial charge in [-0.1, -0.05) is 51.9 Å². The summed E-state index contributed by atoms with van der Waals surface area (Å²) in [5.41, 5.74) is 0. The van der Waals surface area contributed by atoms with Crippen molar-refractivity contribution in [3.8, 4) is 0 Å². The highest BCUT2D eigenvalue weighted by Gasteiger charge is 2.08. The molecule has 1 amide bonds. The molecule has 5 heteroatoms. The average molecular weight is 289 g/mol. The fraction of sp³-hybridized carbons (Fsp3) is 0.933. The van der Waals surface area contributed by atoms with Crippen molar-refractivity contribution in [2.24, 2.45) is 0 Å². The van der Waals surface area contributed by atoms with Gasteiger partial charge >= 0.3 is 6.09 Å². The number of aliphatic hydroxyl groups excluding tert-OH is 1. The highest BCUT2D eigenvalue weighted by molar-refractivity contribution is 5.67. The second-order valence-corrected chi connectivity index (χ2v) is 5.04. The largest absolute Gasteiger partial charge is 0.447 e. The number of nitrogens with one attached hydrogen (secondary N) is 1. The van der Waals surface area contributed by atoms with Crippen LogP contribution in [0.2, 0.25) is 0 Å². The molecule has 0 heterocycles. The minimum Gasteiger partial charge on any atom is -0.447 e. The predicted molar refractivity (Wildman–Crippen MR) is 79.8 cm³/mol. The number of carbonyl (C=O) groups is 1. The average Bonchev–Trinajstić information content (AvgIpc) is 2.46. The van der Waals surface area contributed by atoms with Gasteiger partial charge in [0.15, 0.2) is 0 Å². The number of hydrogen-bond donors (Lipinski definition) is 2. The van der Waals surface area contributed by atoms with Crippen molar-refractivity contribution < 1.29 is 19.4 Å². The molecular weight excluding hydrogens is 258 g/mol. The lowest BCUT2D eigenvalue weighted by atomic mass is 10.1. The maximum Gasteiger partial charge on any atom is 0.407 e. The van der Waals surface area contributed by atoms with Crippen LogP contribution < -0.4 is 5.32 Å². The third kappa shape index (κ3) is 12.2. The lowest BCUT2D eigenvalue weighted by Crippen LogP contribution is -2.30. The molecule has 0 aromatic heterocycles. The Labute approximate surface area is 123 Å². The van der Waals surface area contributed by atoms with Crippen LogP contribution in [0.15, 0.2) is 0 Å². The lowest BCUT2D eigenvalue weighted by molar-refractivity contribution is 0.00177. The number of unbranched alkanes of at least 4 members (excludes halogenated alkanes) is 7. The summed E-state index contributed by atoms with van der Waals surface area (Å²) in [4.78, 5) is 11.3. The number of amides is 1. The second kappa shape index (κ2) is 14.6. The maximum atomic E-state index is 11.3. The van der Waals surface area contributed by atoms with Crippen LogP contribution in [0.5, 0.6) is 0 Å². The van der Waals surface area contributed by atoms with Gasteiger partial charge in [-0.2, -0.15) is 0 Å². The first-order valence-electron chi connectivity index (χ1n) is 7.78. The van der Waals surface area contributed by atoms with Crippen molar-refractivity contribution in [3.63, 3.8) is 0 Å². The van der Waals surface area contributed by atoms with E-state index in [1.54, 1.807) is 0 Å². The SMILES string of the molecule is CCCCCCCCCCNC(=O)OCC(CO)OC. The Kier molecular flexibility index (Phi) is 14.0. The Morgan fingerprint density at radius 2 is 1.70 bits per heavy atom. The third-order valence-electron chi connectivity index (χ3n) is 3.24. The van der Waals surface area contributed by atoms with E-state index in [-0.39, 0.29) is 13.2 Å². The molecule has 0 aliphatic rings. The molecule has 0 saturated heterocycles. The van der Waals surface area contributed by atoms with Gasteiger partial charge in [-0.25, -0.2) is 4.79 Å². The van der Waals surface area contributed by atoms with Crippen molar-refractivity contribution in [3.05, 3.63) is 0 Å². The molecule has 0 aromatic rings. The van der Waals surface area contributed by atoms with E-state index in [2.05, 4.69) is 12.2 Å². The Morgan fingerprint density at radius 3 is 2.25 bits per heavy atom. The van der Waals surface area contributed by atoms with Crippen LogP contribution in [0, 0.1) is 0 Å². The zero-order chi connectivity index (χ0) is 15.1. The summed E-state index contributed by atoms with van der Waals surface area (Å²) < 4.78 is 9.82. The molecule has 0 fully saturated rings. The summed E-state index contributed by atoms with van der Waals surface area (Å²) in [5.74, 6) is 0. The van der Waals surface area contributed by atoms with Gasteiger partial charge in [0.05, 0.1) is 6.61 Å². The Balaban J connectivity index is 3.27. The van der Waals surface area contributed by atoms with Crippen molar-refractivity contribution in [1.29, 1.82) is 0 Å². The Bertz CT molecular complexity index is 220. The lowest BCUT2D eigenvalue weighted by Gasteiger charge is -2.12. The molecule has 1 unspecified atom stereocenters. The molecule has 5 nitrogen and oxygen atoms in total. The quantitative estimate of drug-likeness (QED) is 0.512. The topological polar surface area (TPSA) is 67.8 Å². The molecule has 0 spiro atoms. The summed E-state index contributed by atoms with van der Waals surface area (Å²) in [7, 11) is 1.47. The number of alkyl carbamates (subject to hydrolysis) is 1. The molecule has 0 aromatic carbocycles. The zero-order valence-electron chi connectivity index (χ0n) is 13.0. The van der Waals surface area contributed by atoms with Crippen LogP contribution in [-0.2, 0) is 9.47 Å². The predicted octanol–water partition coefficient (Wildman–Crippen LogP) is 2.86. The first-order valence-corrected chi connectivity index (χ1v) is 7.78. The maximum absolute atomic E-state index is 11.3. The van der Waals surface area contributed by atoms with Crippen LogP contribution in [0.4, 0.5) is 4.79 Å². The Morgan fingerprint density at radius 1 is 1.10 bits per heavy atom. The molecule has 120 valence electrons. The molecule has 0 rings (SSSR count). The first-order chi connectivity index (χ1) is 9.74. The molecule has 0 bridgehead atoms. The van der Waals surface area contributed by atoms with Gasteiger partial charge in [0, 0.05) is 13.7 Å². The van der Waals surface area contributed by atoms with E-state index >= 15 is 0 Å². The normalized spacial score (nSPS) is 12.2. The van der Waals surface area contributed by atoms with Gasteiger partial charge in [0.25, 0.3) is 0 Å². The summed E-state index contributed by atoms with van der Waals surface area (Å²) >= 11 is 0. The molecule has 2 N–H and O–H groups in total. The van der Waals surface area contributed by atoms with Crippen molar-refractivity contribution >= 4 is 6.09 Å². The minimum absolute atomic E-state index is 0.0796. The first kappa shape index (κ1) is 19.2. The van der Waals surface area contributed by atoms with E-state index in [1.165, 1.54) is 45.6 Å². The number of aliphatic hydroxyl groups is 1. The van der Waals surface area contributed by atoms with E-state index in [1.807, 2.05) is 0 Å². The summed E-state index contributed by atoms with van der Waals surface area (Å²) in [6, 6.07) is 0. The van der Waals surface area contributed by atoms with Gasteiger partial charge in [-0.3, -0.25) is 0 Å². The van der Waals surface area contributed by atoms with Crippen LogP contribution in [-0.4, -0.2) is 44.2 Å². The smallest absolute Gasteiger partial charge is 0.407 e. The minimum atomic E-state index is -0.441. The van der Waals surface area contributed by atoms with Crippen LogP contribution in [0.3, 0.4) is 0 Å². The van der Waals surface area contributed by atoms with Gasteiger partial charge < -0.3 is 19.9 Å². The molecule has 20 heavy (non-hydrogen) atoms. The fourth-order valence-electron chi connectivity index (χ4n) is 1.86. The van der Waals surface area contributed by atoms with Gasteiger partial charge in [-0.05, 0) is 6.42 Å². The fourth-order valence-corrected chi connectivity index (χ4v) is 1.86. The van der Waals surface area contributed by atoms with E-state index in [4.69, 9.17) is 14.6 Å². The summed E-state index contributed by atoms with van der Waals surface area (Å²) in [5, 5.41) is 11.6.